The second-order valence-electron chi connectivity index (χ2n) is 8.90. The van der Waals surface area contributed by atoms with Crippen molar-refractivity contribution in [2.75, 3.05) is 19.0 Å². The Bertz CT molecular complexity index is 1060. The molecule has 3 aromatic rings. The summed E-state index contributed by atoms with van der Waals surface area (Å²) < 4.78 is 5.63. The smallest absolute Gasteiger partial charge is 0.286 e. The molecule has 1 saturated carbocycles. The molecular formula is C24H30N4O3. The molecule has 7 heteroatoms. The summed E-state index contributed by atoms with van der Waals surface area (Å²) in [6.45, 7) is 4.66. The van der Waals surface area contributed by atoms with Crippen LogP contribution >= 0.6 is 0 Å². The molecule has 0 radical (unpaired) electrons. The van der Waals surface area contributed by atoms with Crippen LogP contribution in [0.1, 0.15) is 50.1 Å². The molecule has 164 valence electrons. The molecule has 0 spiro atoms. The van der Waals surface area contributed by atoms with E-state index >= 15 is 0 Å². The molecular weight excluding hydrogens is 392 g/mol. The Morgan fingerprint density at radius 2 is 1.84 bits per heavy atom. The van der Waals surface area contributed by atoms with Gasteiger partial charge in [-0.05, 0) is 55.0 Å². The Labute approximate surface area is 182 Å². The van der Waals surface area contributed by atoms with Crippen molar-refractivity contribution in [2.24, 2.45) is 11.8 Å². The lowest BCUT2D eigenvalue weighted by Gasteiger charge is -2.30. The molecule has 31 heavy (non-hydrogen) atoms. The fraction of sp³-hybridized carbons (Fsp3) is 0.458. The molecule has 2 heterocycles. The molecule has 3 atom stereocenters. The number of furan rings is 1. The fourth-order valence-corrected chi connectivity index (χ4v) is 4.51. The number of nitrogens with one attached hydrogen (secondary N) is 1. The van der Waals surface area contributed by atoms with Gasteiger partial charge in [-0.25, -0.2) is 0 Å². The summed E-state index contributed by atoms with van der Waals surface area (Å²) >= 11 is 0. The molecule has 1 fully saturated rings. The number of carbonyl (C=O) groups excluding carboxylic acids is 1. The number of rotatable bonds is 4. The second kappa shape index (κ2) is 8.57. The first-order chi connectivity index (χ1) is 14.9. The number of nitrogens with zero attached hydrogens (tertiary/aromatic N) is 3. The van der Waals surface area contributed by atoms with Crippen LogP contribution in [0.5, 0.6) is 5.75 Å². The lowest BCUT2D eigenvalue weighted by Crippen LogP contribution is -2.34. The molecule has 0 aliphatic heterocycles. The van der Waals surface area contributed by atoms with E-state index in [0.717, 1.165) is 18.7 Å². The van der Waals surface area contributed by atoms with Crippen molar-refractivity contribution in [3.05, 3.63) is 36.1 Å². The molecule has 1 aliphatic rings. The number of hydrogen-bond donors (Lipinski definition) is 2. The topological polar surface area (TPSA) is 91.5 Å². The maximum atomic E-state index is 11.8. The van der Waals surface area contributed by atoms with Gasteiger partial charge in [0.2, 0.25) is 0 Å². The van der Waals surface area contributed by atoms with Gasteiger partial charge in [-0.3, -0.25) is 4.79 Å². The minimum atomic E-state index is -0.313. The summed E-state index contributed by atoms with van der Waals surface area (Å²) in [5, 5.41) is 22.5. The summed E-state index contributed by atoms with van der Waals surface area (Å²) in [6.07, 6.45) is 4.89. The van der Waals surface area contributed by atoms with Crippen LogP contribution in [0.4, 0.5) is 5.82 Å². The van der Waals surface area contributed by atoms with E-state index in [2.05, 4.69) is 41.3 Å². The summed E-state index contributed by atoms with van der Waals surface area (Å²) in [7, 11) is 3.63. The molecule has 2 aromatic heterocycles. The molecule has 1 unspecified atom stereocenters. The second-order valence-corrected chi connectivity index (χ2v) is 8.90. The third kappa shape index (κ3) is 4.36. The van der Waals surface area contributed by atoms with Crippen LogP contribution in [-0.4, -0.2) is 41.3 Å². The summed E-state index contributed by atoms with van der Waals surface area (Å²) in [5.74, 6) is 2.20. The number of hydrogen-bond acceptors (Lipinski definition) is 6. The zero-order valence-electron chi connectivity index (χ0n) is 18.6. The number of anilines is 1. The molecule has 0 saturated heterocycles. The maximum absolute atomic E-state index is 11.8. The van der Waals surface area contributed by atoms with E-state index in [1.807, 2.05) is 12.1 Å². The van der Waals surface area contributed by atoms with E-state index < -0.39 is 0 Å². The van der Waals surface area contributed by atoms with Gasteiger partial charge in [0.1, 0.15) is 11.3 Å². The minimum Gasteiger partial charge on any atom is -0.507 e. The average Bonchev–Trinajstić information content (AvgIpc) is 3.10. The van der Waals surface area contributed by atoms with Gasteiger partial charge < -0.3 is 19.7 Å². The van der Waals surface area contributed by atoms with Crippen LogP contribution in [0.3, 0.4) is 0 Å². The van der Waals surface area contributed by atoms with E-state index in [9.17, 15) is 9.90 Å². The van der Waals surface area contributed by atoms with E-state index in [4.69, 9.17) is 4.42 Å². The van der Waals surface area contributed by atoms with Crippen LogP contribution in [0, 0.1) is 11.8 Å². The highest BCUT2D eigenvalue weighted by Crippen LogP contribution is 2.35. The van der Waals surface area contributed by atoms with Gasteiger partial charge in [0.15, 0.2) is 11.6 Å². The predicted octanol–water partition coefficient (Wildman–Crippen LogP) is 4.61. The SMILES string of the molecule is CNC(=O)c1cc2cc(O)c(-c3ccc(N(C)C4C[C@H](C)CC[C@H](C)C4)nn3)cc2o1. The van der Waals surface area contributed by atoms with Crippen LogP contribution in [0.2, 0.25) is 0 Å². The van der Waals surface area contributed by atoms with Gasteiger partial charge in [-0.15, -0.1) is 10.2 Å². The van der Waals surface area contributed by atoms with Crippen LogP contribution in [-0.2, 0) is 0 Å². The predicted molar refractivity (Wildman–Crippen MR) is 121 cm³/mol. The van der Waals surface area contributed by atoms with Gasteiger partial charge in [-0.2, -0.15) is 0 Å². The number of benzene rings is 1. The Morgan fingerprint density at radius 3 is 2.45 bits per heavy atom. The number of aromatic nitrogens is 2. The quantitative estimate of drug-likeness (QED) is 0.597. The molecule has 2 N–H and O–H groups in total. The standard InChI is InChI=1S/C24H30N4O3/c1-14-5-6-15(2)10-17(9-14)28(4)23-8-7-19(26-27-23)18-13-21-16(11-20(18)29)12-22(31-21)24(30)25-3/h7-8,11-15,17,29H,5-6,9-10H2,1-4H3,(H,25,30)/t14-,15+,17?. The number of amides is 1. The van der Waals surface area contributed by atoms with Crippen LogP contribution < -0.4 is 10.2 Å². The minimum absolute atomic E-state index is 0.0681. The van der Waals surface area contributed by atoms with Gasteiger partial charge in [0.25, 0.3) is 5.91 Å². The van der Waals surface area contributed by atoms with Crippen molar-refractivity contribution in [3.63, 3.8) is 0 Å². The van der Waals surface area contributed by atoms with Crippen LogP contribution in [0.25, 0.3) is 22.2 Å². The lowest BCUT2D eigenvalue weighted by atomic mass is 9.98. The maximum Gasteiger partial charge on any atom is 0.286 e. The monoisotopic (exact) mass is 422 g/mol. The van der Waals surface area contributed by atoms with Crippen molar-refractivity contribution in [1.29, 1.82) is 0 Å². The average molecular weight is 423 g/mol. The van der Waals surface area contributed by atoms with Crippen molar-refractivity contribution in [1.82, 2.24) is 15.5 Å². The molecule has 1 amide bonds. The van der Waals surface area contributed by atoms with Gasteiger partial charge in [-0.1, -0.05) is 26.7 Å². The Morgan fingerprint density at radius 1 is 1.13 bits per heavy atom. The zero-order chi connectivity index (χ0) is 22.1. The van der Waals surface area contributed by atoms with E-state index in [1.165, 1.54) is 12.8 Å². The normalized spacial score (nSPS) is 21.6. The van der Waals surface area contributed by atoms with Gasteiger partial charge in [0, 0.05) is 31.1 Å². The van der Waals surface area contributed by atoms with Crippen LogP contribution in [0.15, 0.2) is 34.7 Å². The Kier molecular flexibility index (Phi) is 5.85. The van der Waals surface area contributed by atoms with Crippen molar-refractivity contribution < 1.29 is 14.3 Å². The molecule has 7 nitrogen and oxygen atoms in total. The Balaban J connectivity index is 1.59. The first kappa shape index (κ1) is 21.2. The first-order valence-corrected chi connectivity index (χ1v) is 10.9. The summed E-state index contributed by atoms with van der Waals surface area (Å²) in [4.78, 5) is 14.1. The van der Waals surface area contributed by atoms with E-state index in [0.29, 0.717) is 40.1 Å². The summed E-state index contributed by atoms with van der Waals surface area (Å²) in [6, 6.07) is 9.14. The highest BCUT2D eigenvalue weighted by atomic mass is 16.3. The number of aromatic hydroxyl groups is 1. The highest BCUT2D eigenvalue weighted by Gasteiger charge is 2.25. The molecule has 1 aliphatic carbocycles. The van der Waals surface area contributed by atoms with Crippen molar-refractivity contribution in [3.8, 4) is 17.0 Å². The number of carbonyl (C=O) groups is 1. The van der Waals surface area contributed by atoms with Gasteiger partial charge in [0.05, 0.1) is 5.69 Å². The third-order valence-electron chi connectivity index (χ3n) is 6.42. The number of phenolic OH excluding ortho intramolecular Hbond substituents is 1. The third-order valence-corrected chi connectivity index (χ3v) is 6.42. The number of phenols is 1. The van der Waals surface area contributed by atoms with Gasteiger partial charge >= 0.3 is 0 Å². The lowest BCUT2D eigenvalue weighted by molar-refractivity contribution is 0.0938. The zero-order valence-corrected chi connectivity index (χ0v) is 18.6. The highest BCUT2D eigenvalue weighted by molar-refractivity contribution is 5.97. The van der Waals surface area contributed by atoms with E-state index in [1.54, 1.807) is 25.2 Å². The molecule has 1 aromatic carbocycles. The largest absolute Gasteiger partial charge is 0.507 e. The Hall–Kier alpha value is -3.09. The molecule has 4 rings (SSSR count). The van der Waals surface area contributed by atoms with E-state index in [-0.39, 0.29) is 17.4 Å². The number of fused-ring (bicyclic) bond motifs is 1. The molecule has 0 bridgehead atoms. The van der Waals surface area contributed by atoms with Crippen molar-refractivity contribution >= 4 is 22.7 Å². The fourth-order valence-electron chi connectivity index (χ4n) is 4.51. The summed E-state index contributed by atoms with van der Waals surface area (Å²) in [5.41, 5.74) is 1.58. The first-order valence-electron chi connectivity index (χ1n) is 10.9. The van der Waals surface area contributed by atoms with Crippen molar-refractivity contribution in [2.45, 2.75) is 45.6 Å².